The van der Waals surface area contributed by atoms with Gasteiger partial charge in [0.15, 0.2) is 0 Å². The first-order valence-electron chi connectivity index (χ1n) is 14.0. The highest BCUT2D eigenvalue weighted by Crippen LogP contribution is 2.26. The summed E-state index contributed by atoms with van der Waals surface area (Å²) in [6.45, 7) is 9.22. The second-order valence-corrected chi connectivity index (χ2v) is 12.7. The molecule has 0 saturated carbocycles. The van der Waals surface area contributed by atoms with Crippen molar-refractivity contribution in [1.29, 1.82) is 0 Å². The molecule has 1 atom stereocenters. The number of benzene rings is 3. The average molecular weight is 598 g/mol. The maximum Gasteiger partial charge on any atom is 0.264 e. The monoisotopic (exact) mass is 597 g/mol. The highest BCUT2D eigenvalue weighted by atomic mass is 32.2. The normalized spacial score (nSPS) is 12.3. The van der Waals surface area contributed by atoms with Gasteiger partial charge in [0.2, 0.25) is 11.8 Å². The molecule has 0 radical (unpaired) electrons. The van der Waals surface area contributed by atoms with E-state index < -0.39 is 39.9 Å². The summed E-state index contributed by atoms with van der Waals surface area (Å²) in [6, 6.07) is 19.5. The van der Waals surface area contributed by atoms with E-state index in [1.807, 2.05) is 65.0 Å². The molecule has 3 aromatic rings. The van der Waals surface area contributed by atoms with E-state index in [2.05, 4.69) is 5.32 Å². The standard InChI is InChI=1S/C32H40FN3O5S/c1-6-29(31(38)34-32(3,4)5)35(22-21-24-11-9-8-10-12-24)30(37)23-36(26-15-13-25(33)14-16-26)42(39,40)28-19-17-27(18-20-28)41-7-2/h8-20,29H,6-7,21-23H2,1-5H3,(H,34,38). The first-order chi connectivity index (χ1) is 19.9. The van der Waals surface area contributed by atoms with E-state index in [1.54, 1.807) is 0 Å². The molecule has 1 N–H and O–H groups in total. The zero-order valence-corrected chi connectivity index (χ0v) is 25.7. The van der Waals surface area contributed by atoms with E-state index in [-0.39, 0.29) is 23.0 Å². The van der Waals surface area contributed by atoms with Crippen LogP contribution in [0, 0.1) is 5.82 Å². The molecule has 1 unspecified atom stereocenters. The van der Waals surface area contributed by atoms with Crippen LogP contribution in [0.4, 0.5) is 10.1 Å². The number of hydrogen-bond acceptors (Lipinski definition) is 5. The van der Waals surface area contributed by atoms with Crippen LogP contribution in [0.15, 0.2) is 83.8 Å². The van der Waals surface area contributed by atoms with Crippen molar-refractivity contribution in [3.8, 4) is 5.75 Å². The van der Waals surface area contributed by atoms with Crippen molar-refractivity contribution < 1.29 is 27.1 Å². The molecule has 8 nitrogen and oxygen atoms in total. The summed E-state index contributed by atoms with van der Waals surface area (Å²) >= 11 is 0. The predicted octanol–water partition coefficient (Wildman–Crippen LogP) is 5.18. The molecule has 0 aliphatic carbocycles. The Morgan fingerprint density at radius 3 is 2.10 bits per heavy atom. The summed E-state index contributed by atoms with van der Waals surface area (Å²) < 4.78 is 48.1. The van der Waals surface area contributed by atoms with Gasteiger partial charge in [0.05, 0.1) is 17.2 Å². The van der Waals surface area contributed by atoms with E-state index in [1.165, 1.54) is 41.3 Å². The largest absolute Gasteiger partial charge is 0.494 e. The van der Waals surface area contributed by atoms with Gasteiger partial charge >= 0.3 is 0 Å². The molecule has 226 valence electrons. The molecule has 0 aromatic heterocycles. The lowest BCUT2D eigenvalue weighted by Crippen LogP contribution is -2.56. The molecule has 2 amide bonds. The van der Waals surface area contributed by atoms with Crippen LogP contribution >= 0.6 is 0 Å². The summed E-state index contributed by atoms with van der Waals surface area (Å²) in [5, 5.41) is 2.95. The SMILES string of the molecule is CCOc1ccc(S(=O)(=O)N(CC(=O)N(CCc2ccccc2)C(CC)C(=O)NC(C)(C)C)c2ccc(F)cc2)cc1. The van der Waals surface area contributed by atoms with Gasteiger partial charge in [0.25, 0.3) is 10.0 Å². The van der Waals surface area contributed by atoms with Gasteiger partial charge in [-0.25, -0.2) is 12.8 Å². The topological polar surface area (TPSA) is 96.0 Å². The van der Waals surface area contributed by atoms with Crippen molar-refractivity contribution in [3.05, 3.63) is 90.2 Å². The fourth-order valence-corrected chi connectivity index (χ4v) is 5.90. The molecule has 0 aliphatic heterocycles. The van der Waals surface area contributed by atoms with Crippen molar-refractivity contribution in [3.63, 3.8) is 0 Å². The van der Waals surface area contributed by atoms with Crippen molar-refractivity contribution in [2.45, 2.75) is 63.9 Å². The van der Waals surface area contributed by atoms with Crippen molar-refractivity contribution in [1.82, 2.24) is 10.2 Å². The molecule has 3 rings (SSSR count). The van der Waals surface area contributed by atoms with Gasteiger partial charge in [-0.2, -0.15) is 0 Å². The molecular formula is C32H40FN3O5S. The maximum atomic E-state index is 14.0. The molecule has 3 aromatic carbocycles. The summed E-state index contributed by atoms with van der Waals surface area (Å²) in [5.41, 5.74) is 0.558. The Labute approximate surface area is 248 Å². The van der Waals surface area contributed by atoms with Crippen LogP contribution in [0.1, 0.15) is 46.6 Å². The number of anilines is 1. The van der Waals surface area contributed by atoms with Gasteiger partial charge in [0, 0.05) is 12.1 Å². The molecule has 10 heteroatoms. The third kappa shape index (κ3) is 8.79. The quantitative estimate of drug-likeness (QED) is 0.293. The first kappa shape index (κ1) is 32.6. The van der Waals surface area contributed by atoms with Gasteiger partial charge in [-0.1, -0.05) is 37.3 Å². The molecule has 42 heavy (non-hydrogen) atoms. The number of carbonyl (C=O) groups is 2. The summed E-state index contributed by atoms with van der Waals surface area (Å²) in [5.74, 6) is -0.920. The molecule has 0 fully saturated rings. The first-order valence-corrected chi connectivity index (χ1v) is 15.5. The third-order valence-corrected chi connectivity index (χ3v) is 8.27. The Balaban J connectivity index is 2.01. The second kappa shape index (κ2) is 14.3. The number of hydrogen-bond donors (Lipinski definition) is 1. The predicted molar refractivity (Wildman–Crippen MR) is 162 cm³/mol. The number of amides is 2. The van der Waals surface area contributed by atoms with E-state index in [0.717, 1.165) is 22.0 Å². The summed E-state index contributed by atoms with van der Waals surface area (Å²) in [7, 11) is -4.27. The lowest BCUT2D eigenvalue weighted by molar-refractivity contribution is -0.140. The molecule has 0 aliphatic rings. The van der Waals surface area contributed by atoms with Gasteiger partial charge < -0.3 is 15.0 Å². The Hall–Kier alpha value is -3.92. The van der Waals surface area contributed by atoms with Gasteiger partial charge in [0.1, 0.15) is 24.2 Å². The number of sulfonamides is 1. The third-order valence-electron chi connectivity index (χ3n) is 6.48. The van der Waals surface area contributed by atoms with E-state index in [0.29, 0.717) is 25.2 Å². The molecule has 0 bridgehead atoms. The van der Waals surface area contributed by atoms with Crippen molar-refractivity contribution in [2.75, 3.05) is 24.0 Å². The number of nitrogens with one attached hydrogen (secondary N) is 1. The van der Waals surface area contributed by atoms with Gasteiger partial charge in [-0.3, -0.25) is 13.9 Å². The number of carbonyl (C=O) groups excluding carboxylic acids is 2. The van der Waals surface area contributed by atoms with Gasteiger partial charge in [-0.15, -0.1) is 0 Å². The van der Waals surface area contributed by atoms with Gasteiger partial charge in [-0.05, 0) is 94.6 Å². The van der Waals surface area contributed by atoms with E-state index in [4.69, 9.17) is 4.74 Å². The summed E-state index contributed by atoms with van der Waals surface area (Å²) in [4.78, 5) is 28.8. The highest BCUT2D eigenvalue weighted by Gasteiger charge is 2.34. The maximum absolute atomic E-state index is 14.0. The van der Waals surface area contributed by atoms with E-state index in [9.17, 15) is 22.4 Å². The van der Waals surface area contributed by atoms with Crippen molar-refractivity contribution in [2.24, 2.45) is 0 Å². The number of nitrogens with zero attached hydrogens (tertiary/aromatic N) is 2. The Bertz CT molecular complexity index is 1420. The Morgan fingerprint density at radius 2 is 1.55 bits per heavy atom. The van der Waals surface area contributed by atoms with Crippen molar-refractivity contribution >= 4 is 27.5 Å². The minimum Gasteiger partial charge on any atom is -0.494 e. The Kier molecular flexibility index (Phi) is 11.1. The van der Waals surface area contributed by atoms with Crippen LogP contribution in [-0.4, -0.2) is 56.4 Å². The minimum absolute atomic E-state index is 0.0589. The number of rotatable bonds is 13. The molecule has 0 saturated heterocycles. The fourth-order valence-electron chi connectivity index (χ4n) is 4.49. The van der Waals surface area contributed by atoms with Crippen LogP contribution in [0.2, 0.25) is 0 Å². The van der Waals surface area contributed by atoms with Crippen LogP contribution < -0.4 is 14.4 Å². The highest BCUT2D eigenvalue weighted by molar-refractivity contribution is 7.92. The second-order valence-electron chi connectivity index (χ2n) is 10.9. The van der Waals surface area contributed by atoms with Crippen LogP contribution in [0.3, 0.4) is 0 Å². The fraction of sp³-hybridized carbons (Fsp3) is 0.375. The molecule has 0 heterocycles. The van der Waals surface area contributed by atoms with Crippen LogP contribution in [0.25, 0.3) is 0 Å². The number of ether oxygens (including phenoxy) is 1. The van der Waals surface area contributed by atoms with E-state index >= 15 is 0 Å². The smallest absolute Gasteiger partial charge is 0.264 e. The Morgan fingerprint density at radius 1 is 0.929 bits per heavy atom. The lowest BCUT2D eigenvalue weighted by atomic mass is 10.1. The van der Waals surface area contributed by atoms with Crippen LogP contribution in [0.5, 0.6) is 5.75 Å². The summed E-state index contributed by atoms with van der Waals surface area (Å²) in [6.07, 6.45) is 0.790. The van der Waals surface area contributed by atoms with Crippen LogP contribution in [-0.2, 0) is 26.0 Å². The lowest BCUT2D eigenvalue weighted by Gasteiger charge is -2.34. The average Bonchev–Trinajstić information content (AvgIpc) is 2.94. The zero-order chi connectivity index (χ0) is 30.9. The number of halogens is 1. The molecule has 0 spiro atoms. The zero-order valence-electron chi connectivity index (χ0n) is 24.8. The minimum atomic E-state index is -4.27. The molecular weight excluding hydrogens is 557 g/mol.